The van der Waals surface area contributed by atoms with E-state index in [9.17, 15) is 33.6 Å². The number of thioether (sulfide) groups is 1. The molecule has 4 N–H and O–H groups in total. The summed E-state index contributed by atoms with van der Waals surface area (Å²) in [6, 6.07) is 5.56. The molecule has 2 aromatic carbocycles. The van der Waals surface area contributed by atoms with Crippen LogP contribution in [0.5, 0.6) is 5.75 Å². The number of nitrogens with zero attached hydrogens (tertiary/aromatic N) is 7. The summed E-state index contributed by atoms with van der Waals surface area (Å²) in [4.78, 5) is 173. The van der Waals surface area contributed by atoms with Gasteiger partial charge in [-0.3, -0.25) is 52.7 Å². The average molecular weight is 1400 g/mol. The molecule has 25 heteroatoms. The maximum Gasteiger partial charge on any atom is 0.246 e. The second kappa shape index (κ2) is 38.5. The van der Waals surface area contributed by atoms with Crippen LogP contribution in [0.25, 0.3) is 0 Å². The van der Waals surface area contributed by atoms with E-state index in [0.717, 1.165) is 10.5 Å². The number of hydrogen-bond acceptors (Lipinski definition) is 14. The monoisotopic (exact) mass is 1400 g/mol. The molecule has 2 saturated heterocycles. The Bertz CT molecular complexity index is 3080. The van der Waals surface area contributed by atoms with Crippen LogP contribution in [-0.4, -0.2) is 234 Å². The Morgan fingerprint density at radius 2 is 1.01 bits per heavy atom. The van der Waals surface area contributed by atoms with E-state index < -0.39 is 155 Å². The number of likely N-dealkylation sites (N-methyl/N-ethyl adjacent to an activating group) is 7. The molecule has 0 aromatic heterocycles. The maximum atomic E-state index is 15.7. The lowest BCUT2D eigenvalue weighted by molar-refractivity contribution is -0.157. The Morgan fingerprint density at radius 1 is 0.505 bits per heavy atom. The maximum absolute atomic E-state index is 15.7. The fourth-order valence-electron chi connectivity index (χ4n) is 12.8. The van der Waals surface area contributed by atoms with Gasteiger partial charge in [0.15, 0.2) is 0 Å². The zero-order valence-electron chi connectivity index (χ0n) is 63.4. The molecule has 11 amide bonds. The highest BCUT2D eigenvalue weighted by Crippen LogP contribution is 2.40. The molecule has 0 aliphatic carbocycles. The first-order valence-electron chi connectivity index (χ1n) is 35.4. The fraction of sp³-hybridized carbons (Fsp3) is 0.689. The standard InChI is InChI=1S/C74H119N11O13S/c1-24-54-70(92)79(17)41-59(86)80(18)55(35-42(2)3)67(89)78-61(46(10)11)73(95)81(19)56(36-43(4)5)66(88)75-49(15)65(87)76-50(16)69(91)82(20)57(37-44(6)7)71(93)83(21)58(38-45(8)9)72(94)84(22)62(47(12)13)74(96)85(23)63(68(90)77-54)64-48(14)39-60(98-64)99-53-32-28-31-52(40-53)97-34-33-51-29-26-25-27-30-51/h25-32,40,42-50,54-58,60-64H,24,33-39,41H2,1-23H3,(H,75,88)(H,76,87)(H,77,90)(H,78,89)/t48-,49+,50-,54+,55+,56+,57+,58+,60+,61+,62+,63+,64-/m1/s1. The third-order valence-electron chi connectivity index (χ3n) is 18.7. The normalized spacial score (nSPS) is 27.0. The molecule has 0 radical (unpaired) electrons. The second-order valence-electron chi connectivity index (χ2n) is 29.7. The summed E-state index contributed by atoms with van der Waals surface area (Å²) in [6.45, 7) is 28.5. The van der Waals surface area contributed by atoms with Gasteiger partial charge >= 0.3 is 0 Å². The van der Waals surface area contributed by atoms with E-state index in [1.807, 2.05) is 117 Å². The zero-order chi connectivity index (χ0) is 74.8. The van der Waals surface area contributed by atoms with Crippen molar-refractivity contribution in [2.24, 2.45) is 41.4 Å². The molecule has 0 unspecified atom stereocenters. The first kappa shape index (κ1) is 84.1. The number of rotatable bonds is 18. The minimum Gasteiger partial charge on any atom is -0.493 e. The molecule has 0 saturated carbocycles. The molecule has 554 valence electrons. The van der Waals surface area contributed by atoms with Gasteiger partial charge in [-0.2, -0.15) is 0 Å². The van der Waals surface area contributed by atoms with Gasteiger partial charge in [0.1, 0.15) is 71.6 Å². The largest absolute Gasteiger partial charge is 0.493 e. The average Bonchev–Trinajstić information content (AvgIpc) is 1.77. The van der Waals surface area contributed by atoms with Gasteiger partial charge in [0.05, 0.1) is 19.3 Å². The number of carbonyl (C=O) groups is 11. The van der Waals surface area contributed by atoms with Gasteiger partial charge < -0.3 is 65.0 Å². The molecule has 2 heterocycles. The van der Waals surface area contributed by atoms with Crippen LogP contribution in [-0.2, 0) is 63.9 Å². The van der Waals surface area contributed by atoms with Crippen molar-refractivity contribution in [3.05, 3.63) is 60.2 Å². The molecule has 2 aliphatic rings. The first-order valence-corrected chi connectivity index (χ1v) is 36.3. The van der Waals surface area contributed by atoms with Gasteiger partial charge in [-0.05, 0) is 118 Å². The third kappa shape index (κ3) is 23.4. The minimum atomic E-state index is -1.40. The number of carbonyl (C=O) groups excluding carboxylic acids is 11. The highest BCUT2D eigenvalue weighted by Gasteiger charge is 2.49. The van der Waals surface area contributed by atoms with Crippen LogP contribution < -0.4 is 26.0 Å². The Balaban J connectivity index is 1.88. The van der Waals surface area contributed by atoms with Gasteiger partial charge in [-0.25, -0.2) is 0 Å². The van der Waals surface area contributed by atoms with Crippen LogP contribution in [0.15, 0.2) is 59.5 Å². The molecule has 2 aromatic rings. The summed E-state index contributed by atoms with van der Waals surface area (Å²) in [6.07, 6.45) is 0.873. The van der Waals surface area contributed by atoms with E-state index in [1.165, 1.54) is 109 Å². The number of nitrogens with one attached hydrogen (secondary N) is 4. The van der Waals surface area contributed by atoms with E-state index in [4.69, 9.17) is 9.47 Å². The van der Waals surface area contributed by atoms with Crippen molar-refractivity contribution in [1.82, 2.24) is 55.6 Å². The van der Waals surface area contributed by atoms with Crippen molar-refractivity contribution in [3.63, 3.8) is 0 Å². The molecular weight excluding hydrogens is 1280 g/mol. The first-order chi connectivity index (χ1) is 46.2. The van der Waals surface area contributed by atoms with Crippen LogP contribution in [0.2, 0.25) is 0 Å². The lowest BCUT2D eigenvalue weighted by Gasteiger charge is -2.41. The summed E-state index contributed by atoms with van der Waals surface area (Å²) >= 11 is 1.44. The van der Waals surface area contributed by atoms with Crippen molar-refractivity contribution in [1.29, 1.82) is 0 Å². The molecule has 24 nitrogen and oxygen atoms in total. The van der Waals surface area contributed by atoms with Crippen molar-refractivity contribution in [2.45, 2.75) is 233 Å². The molecule has 4 rings (SSSR count). The Morgan fingerprint density at radius 3 is 1.55 bits per heavy atom. The van der Waals surface area contributed by atoms with Crippen molar-refractivity contribution < 1.29 is 62.2 Å². The van der Waals surface area contributed by atoms with E-state index >= 15 is 19.2 Å². The molecule has 0 bridgehead atoms. The van der Waals surface area contributed by atoms with Crippen LogP contribution >= 0.6 is 11.8 Å². The van der Waals surface area contributed by atoms with Gasteiger partial charge in [0, 0.05) is 60.7 Å². The van der Waals surface area contributed by atoms with Gasteiger partial charge in [-0.15, -0.1) is 0 Å². The number of benzene rings is 2. The van der Waals surface area contributed by atoms with E-state index in [-0.39, 0.29) is 61.7 Å². The summed E-state index contributed by atoms with van der Waals surface area (Å²) in [5.41, 5.74) is 0.623. The predicted octanol–water partition coefficient (Wildman–Crippen LogP) is 6.47. The SMILES string of the molecule is CC[C@@H]1NC(=O)[C@H]([C@@H]2O[C@@H](Sc3cccc(OCCc4ccccc4)c3)C[C@H]2C)N(C)C(=O)[C@H](C(C)C)N(C)C(=O)[C@H](CC(C)C)N(C)C(=O)[C@H](CC(C)C)N(C)C(=O)[C@@H](C)NC(=O)[C@H](C)NC(=O)[C@H](CC(C)C)N(C)C(=O)[C@H](C(C)C)NC(=O)[C@H](CC(C)C)N(C)C(=O)CN(C)C1=O. The summed E-state index contributed by atoms with van der Waals surface area (Å²) < 4.78 is 13.0. The van der Waals surface area contributed by atoms with E-state index in [0.29, 0.717) is 25.2 Å². The zero-order valence-corrected chi connectivity index (χ0v) is 64.2. The lowest BCUT2D eigenvalue weighted by atomic mass is 9.93. The number of amides is 11. The summed E-state index contributed by atoms with van der Waals surface area (Å²) in [5.74, 6) is -8.45. The van der Waals surface area contributed by atoms with Crippen LogP contribution in [0.3, 0.4) is 0 Å². The van der Waals surface area contributed by atoms with Crippen molar-refractivity contribution >= 4 is 76.7 Å². The lowest BCUT2D eigenvalue weighted by Crippen LogP contribution is -2.63. The minimum absolute atomic E-state index is 0.0497. The van der Waals surface area contributed by atoms with Gasteiger partial charge in [-0.1, -0.05) is 145 Å². The topological polar surface area (TPSA) is 277 Å². The smallest absolute Gasteiger partial charge is 0.246 e. The fourth-order valence-corrected chi connectivity index (χ4v) is 14.1. The Kier molecular flexibility index (Phi) is 32.7. The predicted molar refractivity (Wildman–Crippen MR) is 384 cm³/mol. The second-order valence-corrected chi connectivity index (χ2v) is 31.0. The van der Waals surface area contributed by atoms with Crippen LogP contribution in [0, 0.1) is 41.4 Å². The van der Waals surface area contributed by atoms with Crippen molar-refractivity contribution in [2.75, 3.05) is 62.5 Å². The summed E-state index contributed by atoms with van der Waals surface area (Å²) in [5, 5.41) is 11.2. The molecule has 2 fully saturated rings. The van der Waals surface area contributed by atoms with E-state index in [1.54, 1.807) is 34.6 Å². The number of ether oxygens (including phenoxy) is 2. The molecular formula is C74H119N11O13S. The molecule has 13 atom stereocenters. The quantitative estimate of drug-likeness (QED) is 0.125. The molecule has 2 aliphatic heterocycles. The summed E-state index contributed by atoms with van der Waals surface area (Å²) in [7, 11) is 10.2. The van der Waals surface area contributed by atoms with Crippen molar-refractivity contribution in [3.8, 4) is 5.75 Å². The Hall–Kier alpha value is -7.28. The van der Waals surface area contributed by atoms with E-state index in [2.05, 4.69) is 21.3 Å². The van der Waals surface area contributed by atoms with Crippen LogP contribution in [0.1, 0.15) is 155 Å². The molecule has 0 spiro atoms. The van der Waals surface area contributed by atoms with Gasteiger partial charge in [0.25, 0.3) is 0 Å². The third-order valence-corrected chi connectivity index (χ3v) is 19.8. The number of hydrogen-bond donors (Lipinski definition) is 4. The highest BCUT2D eigenvalue weighted by molar-refractivity contribution is 7.99. The highest BCUT2D eigenvalue weighted by atomic mass is 32.2. The van der Waals surface area contributed by atoms with Crippen LogP contribution in [0.4, 0.5) is 0 Å². The molecule has 99 heavy (non-hydrogen) atoms. The Labute approximate surface area is 594 Å². The van der Waals surface area contributed by atoms with Gasteiger partial charge in [0.2, 0.25) is 65.0 Å².